The summed E-state index contributed by atoms with van der Waals surface area (Å²) in [6, 6.07) is 28.7. The number of anilines is 1. The third-order valence-corrected chi connectivity index (χ3v) is 16.8. The Morgan fingerprint density at radius 2 is 1.67 bits per heavy atom. The topological polar surface area (TPSA) is 126 Å². The van der Waals surface area contributed by atoms with E-state index in [-0.39, 0.29) is 54.4 Å². The lowest BCUT2D eigenvalue weighted by Gasteiger charge is -2.37. The van der Waals surface area contributed by atoms with Crippen molar-refractivity contribution < 1.29 is 28.9 Å². The first kappa shape index (κ1) is 36.8. The van der Waals surface area contributed by atoms with E-state index in [2.05, 4.69) is 37.2 Å². The van der Waals surface area contributed by atoms with Gasteiger partial charge in [0.1, 0.15) is 11.5 Å². The number of likely N-dealkylation sites (tertiary alicyclic amines) is 1. The number of para-hydroxylation sites is 1. The van der Waals surface area contributed by atoms with Crippen LogP contribution in [0.2, 0.25) is 18.6 Å². The molecule has 4 aromatic carbocycles. The van der Waals surface area contributed by atoms with E-state index in [0.29, 0.717) is 23.4 Å². The van der Waals surface area contributed by atoms with Crippen molar-refractivity contribution in [1.82, 2.24) is 14.7 Å². The van der Waals surface area contributed by atoms with Gasteiger partial charge in [0.25, 0.3) is 11.5 Å². The number of H-pyrrole nitrogens is 1. The zero-order chi connectivity index (χ0) is 38.6. The predicted molar refractivity (Wildman–Crippen MR) is 214 cm³/mol. The van der Waals surface area contributed by atoms with Crippen LogP contribution < -0.4 is 25.1 Å². The van der Waals surface area contributed by atoms with Gasteiger partial charge in [-0.15, -0.1) is 0 Å². The SMILES string of the molecule is COc1ccc([Si](C)(C)[C@@H]2[C@@H](CC(=O)N3CCC[C@H]3CO)O[C@]3(C(=O)N(Cc4ccc(-n5[nH]c6ccccc6c5=O)cc4)c4ccc(OC)cc43)[C@H]2C)cc1. The van der Waals surface area contributed by atoms with E-state index >= 15 is 4.79 Å². The molecule has 3 aliphatic rings. The summed E-state index contributed by atoms with van der Waals surface area (Å²) in [4.78, 5) is 46.1. The molecule has 286 valence electrons. The maximum Gasteiger partial charge on any atom is 0.279 e. The van der Waals surface area contributed by atoms with Gasteiger partial charge in [0.05, 0.1) is 76.3 Å². The van der Waals surface area contributed by atoms with E-state index in [1.165, 1.54) is 9.87 Å². The van der Waals surface area contributed by atoms with E-state index in [1.54, 1.807) is 30.1 Å². The first-order valence-corrected chi connectivity index (χ1v) is 22.1. The number of benzene rings is 4. The molecule has 8 rings (SSSR count). The molecule has 2 amide bonds. The number of aromatic nitrogens is 2. The van der Waals surface area contributed by atoms with Crippen molar-refractivity contribution in [3.8, 4) is 17.2 Å². The number of hydrogen-bond donors (Lipinski definition) is 2. The average molecular weight is 761 g/mol. The molecule has 0 unspecified atom stereocenters. The van der Waals surface area contributed by atoms with Crippen molar-refractivity contribution in [3.63, 3.8) is 0 Å². The molecule has 2 N–H and O–H groups in total. The minimum absolute atomic E-state index is 0.0577. The lowest BCUT2D eigenvalue weighted by atomic mass is 9.82. The van der Waals surface area contributed by atoms with E-state index in [1.807, 2.05) is 72.8 Å². The van der Waals surface area contributed by atoms with E-state index in [4.69, 9.17) is 14.2 Å². The number of aliphatic hydroxyl groups excluding tert-OH is 1. The molecule has 0 radical (unpaired) electrons. The molecule has 2 fully saturated rings. The third-order valence-electron chi connectivity index (χ3n) is 12.5. The van der Waals surface area contributed by atoms with Gasteiger partial charge in [0.2, 0.25) is 5.91 Å². The third kappa shape index (κ3) is 5.98. The molecule has 0 saturated carbocycles. The minimum Gasteiger partial charge on any atom is -0.497 e. The Balaban J connectivity index is 1.17. The van der Waals surface area contributed by atoms with Crippen LogP contribution in [0.4, 0.5) is 5.69 Å². The number of nitrogens with one attached hydrogen (secondary N) is 1. The van der Waals surface area contributed by atoms with Crippen LogP contribution in [0, 0.1) is 5.92 Å². The number of nitrogens with zero attached hydrogens (tertiary/aromatic N) is 3. The largest absolute Gasteiger partial charge is 0.497 e. The molecular weight excluding hydrogens is 713 g/mol. The van der Waals surface area contributed by atoms with Crippen LogP contribution in [-0.2, 0) is 26.5 Å². The van der Waals surface area contributed by atoms with Crippen molar-refractivity contribution in [2.45, 2.75) is 69.1 Å². The quantitative estimate of drug-likeness (QED) is 0.181. The second-order valence-electron chi connectivity index (χ2n) is 15.7. The Morgan fingerprint density at radius 1 is 0.964 bits per heavy atom. The molecule has 11 nitrogen and oxygen atoms in total. The smallest absolute Gasteiger partial charge is 0.279 e. The number of hydrogen-bond acceptors (Lipinski definition) is 7. The van der Waals surface area contributed by atoms with Gasteiger partial charge >= 0.3 is 0 Å². The molecule has 2 saturated heterocycles. The standard InChI is InChI=1S/C43H48N4O7Si/c1-27-40(55(4,5)33-19-16-31(52-2)17-20-33)38(24-39(49)45-22-8-9-30(45)26-48)54-43(27)35-23-32(53-3)18-21-37(35)46(42(43)51)25-28-12-14-29(15-13-28)47-41(50)34-10-6-7-11-36(34)44-47/h6-7,10-21,23,27,30,38,40,44,48H,8-9,22,24-26H2,1-5H3/t27-,30-,38+,40-,43+/m0/s1. The van der Waals surface area contributed by atoms with Gasteiger partial charge in [0, 0.05) is 18.0 Å². The number of rotatable bonds is 10. The summed E-state index contributed by atoms with van der Waals surface area (Å²) in [5.74, 6) is 0.842. The molecule has 1 spiro atoms. The zero-order valence-electron chi connectivity index (χ0n) is 32.0. The maximum atomic E-state index is 15.3. The summed E-state index contributed by atoms with van der Waals surface area (Å²) < 4.78 is 19.9. The van der Waals surface area contributed by atoms with Crippen LogP contribution in [-0.4, -0.2) is 79.2 Å². The molecule has 55 heavy (non-hydrogen) atoms. The fourth-order valence-electron chi connectivity index (χ4n) is 9.59. The van der Waals surface area contributed by atoms with Crippen LogP contribution in [0.25, 0.3) is 16.6 Å². The minimum atomic E-state index is -2.49. The number of fused-ring (bicyclic) bond motifs is 3. The van der Waals surface area contributed by atoms with Crippen LogP contribution in [0.1, 0.15) is 37.3 Å². The second-order valence-corrected chi connectivity index (χ2v) is 20.4. The molecule has 0 bridgehead atoms. The highest BCUT2D eigenvalue weighted by Gasteiger charge is 2.66. The molecule has 3 aliphatic heterocycles. The summed E-state index contributed by atoms with van der Waals surface area (Å²) in [5, 5.41) is 15.1. The Bertz CT molecular complexity index is 2300. The number of aromatic amines is 1. The van der Waals surface area contributed by atoms with Crippen molar-refractivity contribution in [1.29, 1.82) is 0 Å². The van der Waals surface area contributed by atoms with Gasteiger partial charge in [-0.05, 0) is 78.5 Å². The van der Waals surface area contributed by atoms with Crippen molar-refractivity contribution in [2.24, 2.45) is 5.92 Å². The van der Waals surface area contributed by atoms with Gasteiger partial charge in [-0.25, -0.2) is 4.68 Å². The Labute approximate surface area is 321 Å². The molecule has 1 aromatic heterocycles. The van der Waals surface area contributed by atoms with Crippen LogP contribution >= 0.6 is 0 Å². The summed E-state index contributed by atoms with van der Waals surface area (Å²) in [7, 11) is 0.768. The number of carbonyl (C=O) groups is 2. The van der Waals surface area contributed by atoms with Gasteiger partial charge in [-0.3, -0.25) is 19.5 Å². The lowest BCUT2D eigenvalue weighted by molar-refractivity contribution is -0.150. The van der Waals surface area contributed by atoms with Crippen LogP contribution in [0.3, 0.4) is 0 Å². The van der Waals surface area contributed by atoms with Crippen LogP contribution in [0.15, 0.2) is 95.8 Å². The predicted octanol–water partition coefficient (Wildman–Crippen LogP) is 5.47. The fraction of sp³-hybridized carbons (Fsp3) is 0.372. The van der Waals surface area contributed by atoms with Gasteiger partial charge in [0.15, 0.2) is 5.60 Å². The molecule has 5 aromatic rings. The van der Waals surface area contributed by atoms with Crippen molar-refractivity contribution in [3.05, 3.63) is 112 Å². The molecule has 0 aliphatic carbocycles. The summed E-state index contributed by atoms with van der Waals surface area (Å²) in [5.41, 5.74) is 2.18. The first-order valence-electron chi connectivity index (χ1n) is 19.0. The number of methoxy groups -OCH3 is 2. The normalized spacial score (nSPS) is 23.6. The number of aliphatic hydroxyl groups is 1. The molecule has 5 atom stereocenters. The monoisotopic (exact) mass is 760 g/mol. The summed E-state index contributed by atoms with van der Waals surface area (Å²) in [6.07, 6.45) is 1.17. The zero-order valence-corrected chi connectivity index (χ0v) is 33.0. The number of ether oxygens (including phenoxy) is 3. The van der Waals surface area contributed by atoms with E-state index in [9.17, 15) is 14.7 Å². The Kier molecular flexibility index (Phi) is 9.47. The van der Waals surface area contributed by atoms with Crippen molar-refractivity contribution >= 4 is 41.7 Å². The van der Waals surface area contributed by atoms with Gasteiger partial charge < -0.3 is 29.1 Å². The highest BCUT2D eigenvalue weighted by atomic mass is 28.3. The average Bonchev–Trinajstić information content (AvgIpc) is 3.95. The molecular formula is C43H48N4O7Si. The van der Waals surface area contributed by atoms with Crippen LogP contribution in [0.5, 0.6) is 11.5 Å². The van der Waals surface area contributed by atoms with Crippen molar-refractivity contribution in [2.75, 3.05) is 32.3 Å². The number of carbonyl (C=O) groups excluding carboxylic acids is 2. The van der Waals surface area contributed by atoms with Gasteiger partial charge in [-0.2, -0.15) is 0 Å². The molecule has 4 heterocycles. The molecule has 12 heteroatoms. The van der Waals surface area contributed by atoms with E-state index < -0.39 is 19.8 Å². The highest BCUT2D eigenvalue weighted by Crippen LogP contribution is 2.60. The first-order chi connectivity index (χ1) is 26.5. The fourth-order valence-corrected chi connectivity index (χ4v) is 13.6. The van der Waals surface area contributed by atoms with Gasteiger partial charge in [-0.1, -0.05) is 61.6 Å². The Hall–Kier alpha value is -5.17. The number of amides is 2. The summed E-state index contributed by atoms with van der Waals surface area (Å²) >= 11 is 0. The highest BCUT2D eigenvalue weighted by molar-refractivity contribution is 6.91. The Morgan fingerprint density at radius 3 is 2.36 bits per heavy atom. The maximum absolute atomic E-state index is 15.3. The lowest BCUT2D eigenvalue weighted by Crippen LogP contribution is -2.52. The second kappa shape index (κ2) is 14.2. The van der Waals surface area contributed by atoms with E-state index in [0.717, 1.165) is 40.9 Å². The summed E-state index contributed by atoms with van der Waals surface area (Å²) in [6.45, 7) is 7.50.